The summed E-state index contributed by atoms with van der Waals surface area (Å²) in [5.74, 6) is 2.91. The van der Waals surface area contributed by atoms with Crippen LogP contribution in [0.3, 0.4) is 0 Å². The van der Waals surface area contributed by atoms with Crippen LogP contribution in [0.2, 0.25) is 0 Å². The van der Waals surface area contributed by atoms with Crippen molar-refractivity contribution in [1.29, 1.82) is 0 Å². The van der Waals surface area contributed by atoms with Gasteiger partial charge in [-0.3, -0.25) is 0 Å². The van der Waals surface area contributed by atoms with Gasteiger partial charge in [0.15, 0.2) is 0 Å². The summed E-state index contributed by atoms with van der Waals surface area (Å²) in [6.45, 7) is 8.69. The minimum Gasteiger partial charge on any atom is -0.0625 e. The summed E-state index contributed by atoms with van der Waals surface area (Å²) in [4.78, 5) is 0. The summed E-state index contributed by atoms with van der Waals surface area (Å²) in [5, 5.41) is 0. The van der Waals surface area contributed by atoms with E-state index in [1.807, 2.05) is 0 Å². The first-order valence-electron chi connectivity index (χ1n) is 5.53. The lowest BCUT2D eigenvalue weighted by Crippen LogP contribution is -2.19. The molecule has 12 heavy (non-hydrogen) atoms. The average Bonchev–Trinajstić information content (AvgIpc) is 2.05. The molecule has 0 aromatic rings. The molecule has 0 aromatic carbocycles. The molecule has 1 saturated carbocycles. The lowest BCUT2D eigenvalue weighted by Gasteiger charge is -2.31. The maximum absolute atomic E-state index is 3.95. The third-order valence-electron chi connectivity index (χ3n) is 3.38. The molecule has 1 fully saturated rings. The third-order valence-corrected chi connectivity index (χ3v) is 3.38. The van der Waals surface area contributed by atoms with Crippen LogP contribution in [0.15, 0.2) is 0 Å². The van der Waals surface area contributed by atoms with Crippen molar-refractivity contribution in [1.82, 2.24) is 0 Å². The molecule has 0 bridgehead atoms. The highest BCUT2D eigenvalue weighted by Crippen LogP contribution is 2.35. The van der Waals surface area contributed by atoms with Crippen molar-refractivity contribution in [3.05, 3.63) is 6.92 Å². The van der Waals surface area contributed by atoms with Gasteiger partial charge in [-0.15, -0.1) is 0 Å². The molecule has 0 saturated heterocycles. The predicted octanol–water partition coefficient (Wildman–Crippen LogP) is 4.06. The van der Waals surface area contributed by atoms with E-state index in [0.29, 0.717) is 0 Å². The summed E-state index contributed by atoms with van der Waals surface area (Å²) in [6.07, 6.45) is 8.39. The summed E-state index contributed by atoms with van der Waals surface area (Å²) < 4.78 is 0. The van der Waals surface area contributed by atoms with Gasteiger partial charge in [-0.1, -0.05) is 52.9 Å². The Balaban J connectivity index is 2.30. The fraction of sp³-hybridized carbons (Fsp3) is 0.917. The maximum Gasteiger partial charge on any atom is -0.0388 e. The van der Waals surface area contributed by atoms with E-state index in [-0.39, 0.29) is 0 Å². The molecule has 0 heteroatoms. The molecule has 71 valence electrons. The Labute approximate surface area is 77.7 Å². The topological polar surface area (TPSA) is 0 Å². The lowest BCUT2D eigenvalue weighted by molar-refractivity contribution is 0.207. The molecule has 1 radical (unpaired) electrons. The average molecular weight is 167 g/mol. The second-order valence-corrected chi connectivity index (χ2v) is 4.68. The minimum atomic E-state index is 0.901. The van der Waals surface area contributed by atoms with Gasteiger partial charge in [0.05, 0.1) is 0 Å². The molecule has 0 aromatic heterocycles. The number of rotatable bonds is 3. The Hall–Kier alpha value is 0. The molecule has 1 rings (SSSR count). The third kappa shape index (κ3) is 2.80. The molecule has 1 aliphatic rings. The zero-order valence-corrected chi connectivity index (χ0v) is 8.68. The monoisotopic (exact) mass is 167 g/mol. The quantitative estimate of drug-likeness (QED) is 0.594. The second-order valence-electron chi connectivity index (χ2n) is 4.68. The van der Waals surface area contributed by atoms with Gasteiger partial charge in [-0.25, -0.2) is 0 Å². The smallest absolute Gasteiger partial charge is 0.0388 e. The summed E-state index contributed by atoms with van der Waals surface area (Å²) >= 11 is 0. The van der Waals surface area contributed by atoms with Crippen molar-refractivity contribution in [3.8, 4) is 0 Å². The molecule has 2 atom stereocenters. The van der Waals surface area contributed by atoms with Crippen molar-refractivity contribution in [3.63, 3.8) is 0 Å². The Morgan fingerprint density at radius 2 is 2.08 bits per heavy atom. The van der Waals surface area contributed by atoms with Crippen LogP contribution in [0.4, 0.5) is 0 Å². The fourth-order valence-corrected chi connectivity index (χ4v) is 2.49. The highest BCUT2D eigenvalue weighted by Gasteiger charge is 2.23. The molecule has 0 amide bonds. The van der Waals surface area contributed by atoms with E-state index >= 15 is 0 Å². The van der Waals surface area contributed by atoms with Crippen molar-refractivity contribution in [2.45, 2.75) is 52.4 Å². The van der Waals surface area contributed by atoms with Crippen LogP contribution in [-0.2, 0) is 0 Å². The van der Waals surface area contributed by atoms with Gasteiger partial charge in [-0.2, -0.15) is 0 Å². The predicted molar refractivity (Wildman–Crippen MR) is 54.9 cm³/mol. The van der Waals surface area contributed by atoms with Crippen LogP contribution in [0, 0.1) is 24.7 Å². The first-order chi connectivity index (χ1) is 5.74. The first kappa shape index (κ1) is 10.1. The Bertz CT molecular complexity index is 113. The highest BCUT2D eigenvalue weighted by molar-refractivity contribution is 4.75. The van der Waals surface area contributed by atoms with E-state index in [9.17, 15) is 0 Å². The lowest BCUT2D eigenvalue weighted by atomic mass is 9.75. The molecular formula is C12H23. The largest absolute Gasteiger partial charge is 0.0625 e. The molecule has 1 aliphatic carbocycles. The van der Waals surface area contributed by atoms with Crippen LogP contribution in [0.25, 0.3) is 0 Å². The van der Waals surface area contributed by atoms with E-state index in [0.717, 1.165) is 24.2 Å². The number of hydrogen-bond acceptors (Lipinski definition) is 0. The molecule has 0 aliphatic heterocycles. The molecule has 0 nitrogen and oxygen atoms in total. The normalized spacial score (nSPS) is 31.0. The Morgan fingerprint density at radius 3 is 2.67 bits per heavy atom. The van der Waals surface area contributed by atoms with Crippen molar-refractivity contribution in [2.24, 2.45) is 17.8 Å². The van der Waals surface area contributed by atoms with Gasteiger partial charge in [0.1, 0.15) is 0 Å². The van der Waals surface area contributed by atoms with Gasteiger partial charge in [0, 0.05) is 0 Å². The van der Waals surface area contributed by atoms with E-state index in [4.69, 9.17) is 0 Å². The van der Waals surface area contributed by atoms with Crippen LogP contribution in [-0.4, -0.2) is 0 Å². The van der Waals surface area contributed by atoms with Crippen LogP contribution < -0.4 is 0 Å². The van der Waals surface area contributed by atoms with Crippen LogP contribution >= 0.6 is 0 Å². The van der Waals surface area contributed by atoms with E-state index in [1.54, 1.807) is 0 Å². The summed E-state index contributed by atoms with van der Waals surface area (Å²) in [6, 6.07) is 0. The number of hydrogen-bond donors (Lipinski definition) is 0. The van der Waals surface area contributed by atoms with Gasteiger partial charge in [-0.05, 0) is 24.2 Å². The standard InChI is InChI=1S/C12H23/c1-4-6-11-7-5-8-12(9-11)10(2)3/h10-12H,1,4-9H2,2-3H3. The fourth-order valence-electron chi connectivity index (χ4n) is 2.49. The highest BCUT2D eigenvalue weighted by atomic mass is 14.3. The Morgan fingerprint density at radius 1 is 1.33 bits per heavy atom. The van der Waals surface area contributed by atoms with Crippen molar-refractivity contribution >= 4 is 0 Å². The molecule has 0 spiro atoms. The second kappa shape index (κ2) is 4.89. The van der Waals surface area contributed by atoms with Crippen LogP contribution in [0.5, 0.6) is 0 Å². The van der Waals surface area contributed by atoms with Gasteiger partial charge >= 0.3 is 0 Å². The van der Waals surface area contributed by atoms with E-state index < -0.39 is 0 Å². The Kier molecular flexibility index (Phi) is 4.11. The van der Waals surface area contributed by atoms with Crippen molar-refractivity contribution in [2.75, 3.05) is 0 Å². The maximum atomic E-state index is 3.95. The van der Waals surface area contributed by atoms with Gasteiger partial charge in [0.25, 0.3) is 0 Å². The molecule has 2 unspecified atom stereocenters. The van der Waals surface area contributed by atoms with E-state index in [2.05, 4.69) is 20.8 Å². The van der Waals surface area contributed by atoms with Gasteiger partial charge < -0.3 is 0 Å². The zero-order chi connectivity index (χ0) is 8.97. The zero-order valence-electron chi connectivity index (χ0n) is 8.68. The SMILES string of the molecule is [CH2]CCC1CCCC(C(C)C)C1. The van der Waals surface area contributed by atoms with Crippen molar-refractivity contribution < 1.29 is 0 Å². The van der Waals surface area contributed by atoms with Gasteiger partial charge in [0.2, 0.25) is 0 Å². The molecule has 0 N–H and O–H groups in total. The molecule has 0 heterocycles. The summed E-state index contributed by atoms with van der Waals surface area (Å²) in [7, 11) is 0. The minimum absolute atomic E-state index is 0.901. The van der Waals surface area contributed by atoms with Crippen LogP contribution in [0.1, 0.15) is 52.4 Å². The summed E-state index contributed by atoms with van der Waals surface area (Å²) in [5.41, 5.74) is 0. The molecular weight excluding hydrogens is 144 g/mol. The van der Waals surface area contributed by atoms with E-state index in [1.165, 1.54) is 32.1 Å². The first-order valence-corrected chi connectivity index (χ1v) is 5.53.